The van der Waals surface area contributed by atoms with Crippen LogP contribution >= 0.6 is 0 Å². The van der Waals surface area contributed by atoms with Gasteiger partial charge in [-0.3, -0.25) is 0 Å². The molecule has 1 aliphatic rings. The summed E-state index contributed by atoms with van der Waals surface area (Å²) in [5, 5.41) is 0. The fraction of sp³-hybridized carbons (Fsp3) is 0.348. The summed E-state index contributed by atoms with van der Waals surface area (Å²) in [7, 11) is -3.61. The third kappa shape index (κ3) is 3.74. The van der Waals surface area contributed by atoms with Crippen molar-refractivity contribution < 1.29 is 12.8 Å². The summed E-state index contributed by atoms with van der Waals surface area (Å²) in [4.78, 5) is 5.11. The van der Waals surface area contributed by atoms with E-state index in [1.807, 2.05) is 43.3 Å². The second-order valence-corrected chi connectivity index (χ2v) is 9.77. The average Bonchev–Trinajstić information content (AvgIpc) is 3.36. The van der Waals surface area contributed by atoms with Crippen LogP contribution in [-0.2, 0) is 10.0 Å². The molecule has 0 N–H and O–H groups in total. The van der Waals surface area contributed by atoms with E-state index < -0.39 is 10.0 Å². The summed E-state index contributed by atoms with van der Waals surface area (Å²) >= 11 is 0. The van der Waals surface area contributed by atoms with Gasteiger partial charge in [0.25, 0.3) is 0 Å². The molecule has 0 spiro atoms. The third-order valence-corrected chi connectivity index (χ3v) is 7.23. The van der Waals surface area contributed by atoms with Gasteiger partial charge in [-0.15, -0.1) is 0 Å². The van der Waals surface area contributed by atoms with Crippen molar-refractivity contribution in [2.75, 3.05) is 6.54 Å². The molecule has 0 unspecified atom stereocenters. The maximum atomic E-state index is 13.3. The highest BCUT2D eigenvalue weighted by Gasteiger charge is 2.39. The SMILES string of the molecule is Cc1cccc(S(=O)(=O)N2CCC[C@H]2c2nc(-c3ccccc3)c(C(C)C)o2)c1. The van der Waals surface area contributed by atoms with Crippen molar-refractivity contribution in [2.45, 2.75) is 50.5 Å². The number of hydrogen-bond acceptors (Lipinski definition) is 4. The zero-order valence-electron chi connectivity index (χ0n) is 17.0. The summed E-state index contributed by atoms with van der Waals surface area (Å²) in [6.07, 6.45) is 1.49. The van der Waals surface area contributed by atoms with Gasteiger partial charge in [-0.1, -0.05) is 56.3 Å². The number of benzene rings is 2. The number of nitrogens with zero attached hydrogens (tertiary/aromatic N) is 2. The van der Waals surface area contributed by atoms with E-state index in [1.54, 1.807) is 22.5 Å². The first-order chi connectivity index (χ1) is 13.9. The average molecular weight is 411 g/mol. The minimum Gasteiger partial charge on any atom is -0.443 e. The molecule has 1 fully saturated rings. The quantitative estimate of drug-likeness (QED) is 0.573. The first kappa shape index (κ1) is 19.9. The lowest BCUT2D eigenvalue weighted by Gasteiger charge is -2.22. The molecule has 6 heteroatoms. The summed E-state index contributed by atoms with van der Waals surface area (Å²) in [5.41, 5.74) is 2.71. The number of aryl methyl sites for hydroxylation is 1. The van der Waals surface area contributed by atoms with Crippen LogP contribution in [0.15, 0.2) is 63.9 Å². The zero-order valence-corrected chi connectivity index (χ0v) is 17.8. The smallest absolute Gasteiger partial charge is 0.243 e. The molecular formula is C23H26N2O3S. The third-order valence-electron chi connectivity index (χ3n) is 5.33. The largest absolute Gasteiger partial charge is 0.443 e. The Morgan fingerprint density at radius 2 is 1.86 bits per heavy atom. The molecule has 1 saturated heterocycles. The van der Waals surface area contributed by atoms with Crippen LogP contribution in [0.25, 0.3) is 11.3 Å². The van der Waals surface area contributed by atoms with Gasteiger partial charge >= 0.3 is 0 Å². The number of rotatable bonds is 5. The van der Waals surface area contributed by atoms with E-state index in [4.69, 9.17) is 9.40 Å². The molecule has 1 atom stereocenters. The maximum Gasteiger partial charge on any atom is 0.243 e. The molecular weight excluding hydrogens is 384 g/mol. The molecule has 0 saturated carbocycles. The first-order valence-corrected chi connectivity index (χ1v) is 11.5. The van der Waals surface area contributed by atoms with Crippen molar-refractivity contribution >= 4 is 10.0 Å². The maximum absolute atomic E-state index is 13.3. The minimum absolute atomic E-state index is 0.148. The highest BCUT2D eigenvalue weighted by molar-refractivity contribution is 7.89. The molecule has 0 aliphatic carbocycles. The summed E-state index contributed by atoms with van der Waals surface area (Å²) in [6.45, 7) is 6.50. The topological polar surface area (TPSA) is 63.4 Å². The van der Waals surface area contributed by atoms with Crippen LogP contribution in [-0.4, -0.2) is 24.3 Å². The Bertz CT molecular complexity index is 1100. The van der Waals surface area contributed by atoms with E-state index in [9.17, 15) is 8.42 Å². The lowest BCUT2D eigenvalue weighted by molar-refractivity contribution is 0.317. The Kier molecular flexibility index (Phi) is 5.32. The molecule has 2 heterocycles. The Morgan fingerprint density at radius 1 is 1.10 bits per heavy atom. The molecule has 0 amide bonds. The molecule has 0 bridgehead atoms. The molecule has 1 aliphatic heterocycles. The van der Waals surface area contributed by atoms with Crippen molar-refractivity contribution in [1.82, 2.24) is 9.29 Å². The predicted octanol–water partition coefficient (Wildman–Crippen LogP) is 5.30. The summed E-state index contributed by atoms with van der Waals surface area (Å²) < 4.78 is 34.4. The number of sulfonamides is 1. The Hall–Kier alpha value is -2.44. The molecule has 5 nitrogen and oxygen atoms in total. The van der Waals surface area contributed by atoms with Crippen molar-refractivity contribution in [2.24, 2.45) is 0 Å². The second kappa shape index (κ2) is 7.76. The first-order valence-electron chi connectivity index (χ1n) is 10.0. The highest BCUT2D eigenvalue weighted by Crippen LogP contribution is 2.39. The van der Waals surface area contributed by atoms with Gasteiger partial charge in [0, 0.05) is 18.0 Å². The van der Waals surface area contributed by atoms with E-state index in [-0.39, 0.29) is 12.0 Å². The summed E-state index contributed by atoms with van der Waals surface area (Å²) in [5.74, 6) is 1.43. The number of aromatic nitrogens is 1. The molecule has 29 heavy (non-hydrogen) atoms. The van der Waals surface area contributed by atoms with Crippen molar-refractivity contribution in [3.63, 3.8) is 0 Å². The molecule has 4 rings (SSSR count). The van der Waals surface area contributed by atoms with Gasteiger partial charge in [0.2, 0.25) is 15.9 Å². The zero-order chi connectivity index (χ0) is 20.6. The number of oxazole rings is 1. The van der Waals surface area contributed by atoms with Gasteiger partial charge in [0.15, 0.2) is 0 Å². The van der Waals surface area contributed by atoms with Crippen LogP contribution in [0.4, 0.5) is 0 Å². The molecule has 2 aromatic carbocycles. The van der Waals surface area contributed by atoms with Crippen LogP contribution in [0, 0.1) is 6.92 Å². The molecule has 1 aromatic heterocycles. The van der Waals surface area contributed by atoms with E-state index in [2.05, 4.69) is 13.8 Å². The van der Waals surface area contributed by atoms with Gasteiger partial charge < -0.3 is 4.42 Å². The van der Waals surface area contributed by atoms with Gasteiger partial charge in [-0.25, -0.2) is 13.4 Å². The van der Waals surface area contributed by atoms with Gasteiger partial charge in [-0.05, 0) is 37.5 Å². The van der Waals surface area contributed by atoms with E-state index in [0.717, 1.165) is 29.0 Å². The van der Waals surface area contributed by atoms with Gasteiger partial charge in [0.05, 0.1) is 4.90 Å². The normalized spacial score (nSPS) is 17.9. The van der Waals surface area contributed by atoms with Crippen LogP contribution in [0.3, 0.4) is 0 Å². The van der Waals surface area contributed by atoms with Gasteiger partial charge in [-0.2, -0.15) is 4.31 Å². The molecule has 3 aromatic rings. The second-order valence-electron chi connectivity index (χ2n) is 7.88. The number of hydrogen-bond donors (Lipinski definition) is 0. The summed E-state index contributed by atoms with van der Waals surface area (Å²) in [6, 6.07) is 16.6. The van der Waals surface area contributed by atoms with Gasteiger partial charge in [0.1, 0.15) is 17.5 Å². The van der Waals surface area contributed by atoms with Crippen molar-refractivity contribution in [1.29, 1.82) is 0 Å². The van der Waals surface area contributed by atoms with E-state index in [1.165, 1.54) is 0 Å². The fourth-order valence-electron chi connectivity index (χ4n) is 3.87. The molecule has 152 valence electrons. The predicted molar refractivity (Wildman–Crippen MR) is 113 cm³/mol. The van der Waals surface area contributed by atoms with E-state index in [0.29, 0.717) is 23.8 Å². The minimum atomic E-state index is -3.61. The Balaban J connectivity index is 1.75. The van der Waals surface area contributed by atoms with Crippen LogP contribution in [0.5, 0.6) is 0 Å². The van der Waals surface area contributed by atoms with Crippen molar-refractivity contribution in [3.8, 4) is 11.3 Å². The van der Waals surface area contributed by atoms with E-state index >= 15 is 0 Å². The Morgan fingerprint density at radius 3 is 2.55 bits per heavy atom. The Labute approximate surface area is 172 Å². The molecule has 0 radical (unpaired) electrons. The van der Waals surface area contributed by atoms with Crippen LogP contribution in [0.1, 0.15) is 55.9 Å². The van der Waals surface area contributed by atoms with Crippen molar-refractivity contribution in [3.05, 3.63) is 71.8 Å². The van der Waals surface area contributed by atoms with Crippen LogP contribution in [0.2, 0.25) is 0 Å². The highest BCUT2D eigenvalue weighted by atomic mass is 32.2. The monoisotopic (exact) mass is 410 g/mol. The fourth-order valence-corrected chi connectivity index (χ4v) is 5.63. The standard InChI is InChI=1S/C23H26N2O3S/c1-16(2)22-21(18-10-5-4-6-11-18)24-23(28-22)20-13-8-14-25(20)29(26,27)19-12-7-9-17(3)15-19/h4-7,9-12,15-16,20H,8,13-14H2,1-3H3/t20-/m0/s1. The lowest BCUT2D eigenvalue weighted by atomic mass is 10.0. The lowest BCUT2D eigenvalue weighted by Crippen LogP contribution is -2.30. The van der Waals surface area contributed by atoms with Crippen LogP contribution < -0.4 is 0 Å².